The van der Waals surface area contributed by atoms with E-state index < -0.39 is 0 Å². The van der Waals surface area contributed by atoms with Gasteiger partial charge < -0.3 is 5.32 Å². The number of rotatable bonds is 4. The number of allylic oxidation sites excluding steroid dienone is 2. The molecule has 3 nitrogen and oxygen atoms in total. The molecule has 0 bridgehead atoms. The maximum absolute atomic E-state index is 11.9. The maximum Gasteiger partial charge on any atom is 0.262 e. The van der Waals surface area contributed by atoms with Crippen molar-refractivity contribution in [1.29, 1.82) is 5.26 Å². The number of carbonyl (C=O) groups excluding carboxylic acids is 1. The van der Waals surface area contributed by atoms with Gasteiger partial charge >= 0.3 is 0 Å². The van der Waals surface area contributed by atoms with Crippen LogP contribution in [-0.4, -0.2) is 11.9 Å². The molecule has 1 saturated carbocycles. The minimum atomic E-state index is -0.267. The van der Waals surface area contributed by atoms with Gasteiger partial charge in [0.15, 0.2) is 0 Å². The Morgan fingerprint density at radius 2 is 1.95 bits per heavy atom. The molecule has 0 aliphatic heterocycles. The lowest BCUT2D eigenvalue weighted by molar-refractivity contribution is -0.117. The second-order valence-electron chi connectivity index (χ2n) is 4.92. The fraction of sp³-hybridized carbons (Fsp3) is 0.294. The Labute approximate surface area is 119 Å². The Kier molecular flexibility index (Phi) is 5.14. The standard InChI is InChI=1S/C17H18N2O/c18-13-15(17(20)19-16-11-4-5-12-16)10-6-9-14-7-2-1-3-8-14/h1-3,6-10,16H,4-5,11-12H2,(H,19,20). The van der Waals surface area contributed by atoms with E-state index in [0.29, 0.717) is 0 Å². The highest BCUT2D eigenvalue weighted by atomic mass is 16.1. The molecule has 0 unspecified atom stereocenters. The minimum Gasteiger partial charge on any atom is -0.349 e. The van der Waals surface area contributed by atoms with Crippen LogP contribution in [0.4, 0.5) is 0 Å². The number of benzene rings is 1. The van der Waals surface area contributed by atoms with Crippen molar-refractivity contribution in [2.45, 2.75) is 31.7 Å². The average Bonchev–Trinajstić information content (AvgIpc) is 2.97. The number of amides is 1. The quantitative estimate of drug-likeness (QED) is 0.517. The van der Waals surface area contributed by atoms with E-state index in [1.807, 2.05) is 42.5 Å². The van der Waals surface area contributed by atoms with Crippen LogP contribution in [0.15, 0.2) is 48.1 Å². The Hall–Kier alpha value is -2.34. The third kappa shape index (κ3) is 4.10. The Balaban J connectivity index is 1.96. The molecular formula is C17H18N2O. The molecule has 102 valence electrons. The van der Waals surface area contributed by atoms with Crippen LogP contribution in [0.3, 0.4) is 0 Å². The van der Waals surface area contributed by atoms with Crippen molar-refractivity contribution < 1.29 is 4.79 Å². The molecule has 1 amide bonds. The zero-order valence-corrected chi connectivity index (χ0v) is 11.4. The van der Waals surface area contributed by atoms with Gasteiger partial charge in [-0.2, -0.15) is 5.26 Å². The zero-order valence-electron chi connectivity index (χ0n) is 11.4. The summed E-state index contributed by atoms with van der Waals surface area (Å²) >= 11 is 0. The van der Waals surface area contributed by atoms with Gasteiger partial charge in [-0.3, -0.25) is 4.79 Å². The molecule has 1 N–H and O–H groups in total. The third-order valence-electron chi connectivity index (χ3n) is 3.41. The maximum atomic E-state index is 11.9. The summed E-state index contributed by atoms with van der Waals surface area (Å²) in [5, 5.41) is 12.0. The molecule has 0 aromatic heterocycles. The zero-order chi connectivity index (χ0) is 14.2. The van der Waals surface area contributed by atoms with Gasteiger partial charge in [0.1, 0.15) is 11.6 Å². The smallest absolute Gasteiger partial charge is 0.262 e. The van der Waals surface area contributed by atoms with Gasteiger partial charge in [-0.15, -0.1) is 0 Å². The van der Waals surface area contributed by atoms with E-state index in [0.717, 1.165) is 31.2 Å². The van der Waals surface area contributed by atoms with Crippen LogP contribution in [0.1, 0.15) is 31.2 Å². The number of nitrogens with zero attached hydrogens (tertiary/aromatic N) is 1. The van der Waals surface area contributed by atoms with Crippen LogP contribution in [0.2, 0.25) is 0 Å². The Morgan fingerprint density at radius 3 is 2.60 bits per heavy atom. The molecule has 0 spiro atoms. The molecule has 0 heterocycles. The van der Waals surface area contributed by atoms with Crippen molar-refractivity contribution in [3.63, 3.8) is 0 Å². The van der Waals surface area contributed by atoms with E-state index in [1.165, 1.54) is 0 Å². The molecule has 0 atom stereocenters. The van der Waals surface area contributed by atoms with Crippen molar-refractivity contribution in [3.05, 3.63) is 53.6 Å². The molecule has 1 aliphatic rings. The molecule has 1 fully saturated rings. The number of nitriles is 1. The number of nitrogens with one attached hydrogen (secondary N) is 1. The van der Waals surface area contributed by atoms with Gasteiger partial charge in [-0.1, -0.05) is 55.3 Å². The molecule has 0 radical (unpaired) electrons. The fourth-order valence-electron chi connectivity index (χ4n) is 2.32. The summed E-state index contributed by atoms with van der Waals surface area (Å²) in [5.74, 6) is -0.267. The molecule has 2 rings (SSSR count). The van der Waals surface area contributed by atoms with Crippen molar-refractivity contribution in [2.75, 3.05) is 0 Å². The molecule has 3 heteroatoms. The van der Waals surface area contributed by atoms with Crippen molar-refractivity contribution in [2.24, 2.45) is 0 Å². The fourth-order valence-corrected chi connectivity index (χ4v) is 2.32. The van der Waals surface area contributed by atoms with E-state index in [1.54, 1.807) is 12.2 Å². The second kappa shape index (κ2) is 7.30. The predicted octanol–water partition coefficient (Wildman–Crippen LogP) is 3.21. The average molecular weight is 266 g/mol. The number of hydrogen-bond acceptors (Lipinski definition) is 2. The summed E-state index contributed by atoms with van der Waals surface area (Å²) in [6.45, 7) is 0. The largest absolute Gasteiger partial charge is 0.349 e. The molecular weight excluding hydrogens is 248 g/mol. The van der Waals surface area contributed by atoms with E-state index >= 15 is 0 Å². The molecule has 1 aromatic carbocycles. The van der Waals surface area contributed by atoms with E-state index in [9.17, 15) is 4.79 Å². The highest BCUT2D eigenvalue weighted by Crippen LogP contribution is 2.17. The van der Waals surface area contributed by atoms with Crippen molar-refractivity contribution in [3.8, 4) is 6.07 Å². The summed E-state index contributed by atoms with van der Waals surface area (Å²) in [7, 11) is 0. The molecule has 1 aliphatic carbocycles. The topological polar surface area (TPSA) is 52.9 Å². The predicted molar refractivity (Wildman–Crippen MR) is 79.6 cm³/mol. The lowest BCUT2D eigenvalue weighted by Gasteiger charge is -2.10. The summed E-state index contributed by atoms with van der Waals surface area (Å²) in [6.07, 6.45) is 9.53. The summed E-state index contributed by atoms with van der Waals surface area (Å²) in [4.78, 5) is 11.9. The highest BCUT2D eigenvalue weighted by Gasteiger charge is 2.18. The van der Waals surface area contributed by atoms with Gasteiger partial charge in [-0.05, 0) is 24.5 Å². The first-order valence-corrected chi connectivity index (χ1v) is 6.94. The normalized spacial score (nSPS) is 16.2. The Bertz CT molecular complexity index is 546. The first-order chi connectivity index (χ1) is 9.79. The summed E-state index contributed by atoms with van der Waals surface area (Å²) in [5.41, 5.74) is 1.20. The van der Waals surface area contributed by atoms with Crippen LogP contribution in [0.25, 0.3) is 6.08 Å². The highest BCUT2D eigenvalue weighted by molar-refractivity contribution is 5.97. The lowest BCUT2D eigenvalue weighted by atomic mass is 10.1. The minimum absolute atomic E-state index is 0.157. The SMILES string of the molecule is N#CC(=CC=Cc1ccccc1)C(=O)NC1CCCC1. The van der Waals surface area contributed by atoms with Gasteiger partial charge in [-0.25, -0.2) is 0 Å². The van der Waals surface area contributed by atoms with Crippen molar-refractivity contribution >= 4 is 12.0 Å². The van der Waals surface area contributed by atoms with Gasteiger partial charge in [0, 0.05) is 6.04 Å². The molecule has 0 saturated heterocycles. The third-order valence-corrected chi connectivity index (χ3v) is 3.41. The van der Waals surface area contributed by atoms with Crippen LogP contribution in [0, 0.1) is 11.3 Å². The van der Waals surface area contributed by atoms with Gasteiger partial charge in [0.2, 0.25) is 0 Å². The van der Waals surface area contributed by atoms with Crippen LogP contribution >= 0.6 is 0 Å². The van der Waals surface area contributed by atoms with Crippen LogP contribution < -0.4 is 5.32 Å². The van der Waals surface area contributed by atoms with Crippen LogP contribution in [-0.2, 0) is 4.79 Å². The first kappa shape index (κ1) is 14.1. The lowest BCUT2D eigenvalue weighted by Crippen LogP contribution is -2.33. The van der Waals surface area contributed by atoms with E-state index in [4.69, 9.17) is 5.26 Å². The van der Waals surface area contributed by atoms with Gasteiger partial charge in [0.05, 0.1) is 0 Å². The van der Waals surface area contributed by atoms with E-state index in [2.05, 4.69) is 5.32 Å². The second-order valence-corrected chi connectivity index (χ2v) is 4.92. The first-order valence-electron chi connectivity index (χ1n) is 6.94. The monoisotopic (exact) mass is 266 g/mol. The van der Waals surface area contributed by atoms with Gasteiger partial charge in [0.25, 0.3) is 5.91 Å². The van der Waals surface area contributed by atoms with Crippen molar-refractivity contribution in [1.82, 2.24) is 5.32 Å². The number of carbonyl (C=O) groups is 1. The van der Waals surface area contributed by atoms with E-state index in [-0.39, 0.29) is 17.5 Å². The number of hydrogen-bond donors (Lipinski definition) is 1. The summed E-state index contributed by atoms with van der Waals surface area (Å²) < 4.78 is 0. The van der Waals surface area contributed by atoms with Crippen LogP contribution in [0.5, 0.6) is 0 Å². The summed E-state index contributed by atoms with van der Waals surface area (Å²) in [6, 6.07) is 12.0. The molecule has 1 aromatic rings. The molecule has 20 heavy (non-hydrogen) atoms. The Morgan fingerprint density at radius 1 is 1.25 bits per heavy atom.